The molecule has 2 unspecified atom stereocenters. The third-order valence-electron chi connectivity index (χ3n) is 3.08. The minimum atomic E-state index is 0.402. The molecule has 1 rings (SSSR count). The molecule has 0 spiro atoms. The van der Waals surface area contributed by atoms with Crippen LogP contribution in [0.25, 0.3) is 0 Å². The van der Waals surface area contributed by atoms with Gasteiger partial charge in [-0.2, -0.15) is 0 Å². The second kappa shape index (κ2) is 4.43. The molecule has 2 nitrogen and oxygen atoms in total. The van der Waals surface area contributed by atoms with Gasteiger partial charge in [0.25, 0.3) is 0 Å². The highest BCUT2D eigenvalue weighted by Gasteiger charge is 2.44. The SMILES string of the molecule is CCCC(N)CCNC1CC1(C)C. The smallest absolute Gasteiger partial charge is 0.0124 e. The summed E-state index contributed by atoms with van der Waals surface area (Å²) in [6.07, 6.45) is 4.82. The number of hydrogen-bond acceptors (Lipinski definition) is 2. The third kappa shape index (κ3) is 3.65. The van der Waals surface area contributed by atoms with Crippen LogP contribution in [0.4, 0.5) is 0 Å². The number of rotatable bonds is 6. The van der Waals surface area contributed by atoms with E-state index in [-0.39, 0.29) is 0 Å². The first-order valence-corrected chi connectivity index (χ1v) is 5.55. The molecule has 0 aromatic rings. The van der Waals surface area contributed by atoms with E-state index >= 15 is 0 Å². The summed E-state index contributed by atoms with van der Waals surface area (Å²) < 4.78 is 0. The Bertz CT molecular complexity index is 154. The van der Waals surface area contributed by atoms with Gasteiger partial charge in [-0.1, -0.05) is 27.2 Å². The fourth-order valence-corrected chi connectivity index (χ4v) is 1.77. The summed E-state index contributed by atoms with van der Waals surface area (Å²) in [4.78, 5) is 0. The first-order valence-electron chi connectivity index (χ1n) is 5.55. The van der Waals surface area contributed by atoms with Gasteiger partial charge in [0, 0.05) is 12.1 Å². The zero-order valence-electron chi connectivity index (χ0n) is 9.27. The first kappa shape index (κ1) is 11.0. The lowest BCUT2D eigenvalue weighted by atomic mass is 10.1. The van der Waals surface area contributed by atoms with E-state index in [9.17, 15) is 0 Å². The molecule has 0 amide bonds. The zero-order chi connectivity index (χ0) is 9.90. The van der Waals surface area contributed by atoms with Crippen LogP contribution in [0.5, 0.6) is 0 Å². The average Bonchev–Trinajstić information content (AvgIpc) is 2.59. The summed E-state index contributed by atoms with van der Waals surface area (Å²) in [7, 11) is 0. The third-order valence-corrected chi connectivity index (χ3v) is 3.08. The van der Waals surface area contributed by atoms with Gasteiger partial charge < -0.3 is 11.1 Å². The van der Waals surface area contributed by atoms with Gasteiger partial charge in [0.1, 0.15) is 0 Å². The van der Waals surface area contributed by atoms with Gasteiger partial charge in [0.05, 0.1) is 0 Å². The van der Waals surface area contributed by atoms with Crippen LogP contribution in [0.1, 0.15) is 46.5 Å². The zero-order valence-corrected chi connectivity index (χ0v) is 9.27. The van der Waals surface area contributed by atoms with E-state index < -0.39 is 0 Å². The van der Waals surface area contributed by atoms with Gasteiger partial charge in [-0.05, 0) is 31.2 Å². The Morgan fingerprint density at radius 1 is 1.46 bits per heavy atom. The lowest BCUT2D eigenvalue weighted by Gasteiger charge is -2.11. The second-order valence-electron chi connectivity index (χ2n) is 5.04. The van der Waals surface area contributed by atoms with Crippen molar-refractivity contribution in [2.24, 2.45) is 11.1 Å². The molecule has 1 fully saturated rings. The normalized spacial score (nSPS) is 27.2. The molecule has 1 aliphatic rings. The van der Waals surface area contributed by atoms with Gasteiger partial charge in [-0.3, -0.25) is 0 Å². The van der Waals surface area contributed by atoms with E-state index in [0.717, 1.165) is 25.4 Å². The van der Waals surface area contributed by atoms with Crippen LogP contribution in [0.15, 0.2) is 0 Å². The average molecular weight is 184 g/mol. The highest BCUT2D eigenvalue weighted by molar-refractivity contribution is 5.01. The van der Waals surface area contributed by atoms with Crippen LogP contribution in [0, 0.1) is 5.41 Å². The van der Waals surface area contributed by atoms with Crippen LogP contribution >= 0.6 is 0 Å². The Morgan fingerprint density at radius 3 is 2.54 bits per heavy atom. The topological polar surface area (TPSA) is 38.0 Å². The molecule has 0 bridgehead atoms. The van der Waals surface area contributed by atoms with Gasteiger partial charge in [-0.25, -0.2) is 0 Å². The molecule has 1 aliphatic carbocycles. The molecule has 78 valence electrons. The van der Waals surface area contributed by atoms with Crippen LogP contribution < -0.4 is 11.1 Å². The number of nitrogens with two attached hydrogens (primary N) is 1. The predicted molar refractivity (Wildman–Crippen MR) is 57.7 cm³/mol. The molecule has 0 aliphatic heterocycles. The van der Waals surface area contributed by atoms with Crippen molar-refractivity contribution in [2.75, 3.05) is 6.54 Å². The Morgan fingerprint density at radius 2 is 2.08 bits per heavy atom. The first-order chi connectivity index (χ1) is 6.06. The van der Waals surface area contributed by atoms with Crippen LogP contribution in [0.2, 0.25) is 0 Å². The fraction of sp³-hybridized carbons (Fsp3) is 1.00. The lowest BCUT2D eigenvalue weighted by molar-refractivity contribution is 0.493. The van der Waals surface area contributed by atoms with E-state index in [2.05, 4.69) is 26.1 Å². The van der Waals surface area contributed by atoms with E-state index in [1.165, 1.54) is 12.8 Å². The van der Waals surface area contributed by atoms with Crippen LogP contribution in [-0.4, -0.2) is 18.6 Å². The van der Waals surface area contributed by atoms with Crippen molar-refractivity contribution in [1.82, 2.24) is 5.32 Å². The Labute approximate surface area is 82.3 Å². The molecular formula is C11H24N2. The molecular weight excluding hydrogens is 160 g/mol. The summed E-state index contributed by atoms with van der Waals surface area (Å²) in [5.41, 5.74) is 6.47. The minimum Gasteiger partial charge on any atom is -0.328 e. The Hall–Kier alpha value is -0.0800. The molecule has 0 aromatic heterocycles. The van der Waals surface area contributed by atoms with Gasteiger partial charge >= 0.3 is 0 Å². The highest BCUT2D eigenvalue weighted by atomic mass is 15.0. The largest absolute Gasteiger partial charge is 0.328 e. The number of nitrogens with one attached hydrogen (secondary N) is 1. The van der Waals surface area contributed by atoms with Gasteiger partial charge in [0.15, 0.2) is 0 Å². The van der Waals surface area contributed by atoms with E-state index in [4.69, 9.17) is 5.73 Å². The van der Waals surface area contributed by atoms with Gasteiger partial charge in [-0.15, -0.1) is 0 Å². The van der Waals surface area contributed by atoms with Crippen molar-refractivity contribution in [3.63, 3.8) is 0 Å². The Kier molecular flexibility index (Phi) is 3.74. The molecule has 1 saturated carbocycles. The molecule has 0 heterocycles. The molecule has 13 heavy (non-hydrogen) atoms. The fourth-order valence-electron chi connectivity index (χ4n) is 1.77. The van der Waals surface area contributed by atoms with E-state index in [1.807, 2.05) is 0 Å². The van der Waals surface area contributed by atoms with E-state index in [1.54, 1.807) is 0 Å². The van der Waals surface area contributed by atoms with Crippen molar-refractivity contribution >= 4 is 0 Å². The maximum Gasteiger partial charge on any atom is 0.0124 e. The Balaban J connectivity index is 1.96. The standard InChI is InChI=1S/C11H24N2/c1-4-5-9(12)6-7-13-10-8-11(10,2)3/h9-10,13H,4-8,12H2,1-3H3. The van der Waals surface area contributed by atoms with Crippen molar-refractivity contribution in [1.29, 1.82) is 0 Å². The van der Waals surface area contributed by atoms with E-state index in [0.29, 0.717) is 11.5 Å². The van der Waals surface area contributed by atoms with Crippen molar-refractivity contribution in [3.05, 3.63) is 0 Å². The summed E-state index contributed by atoms with van der Waals surface area (Å²) >= 11 is 0. The lowest BCUT2D eigenvalue weighted by Crippen LogP contribution is -2.28. The van der Waals surface area contributed by atoms with Crippen LogP contribution in [0.3, 0.4) is 0 Å². The monoisotopic (exact) mass is 184 g/mol. The summed E-state index contributed by atoms with van der Waals surface area (Å²) in [6.45, 7) is 7.92. The van der Waals surface area contributed by atoms with Gasteiger partial charge in [0.2, 0.25) is 0 Å². The molecule has 0 radical (unpaired) electrons. The van der Waals surface area contributed by atoms with Crippen LogP contribution in [-0.2, 0) is 0 Å². The maximum absolute atomic E-state index is 5.92. The predicted octanol–water partition coefficient (Wildman–Crippen LogP) is 1.89. The van der Waals surface area contributed by atoms with Crippen molar-refractivity contribution in [3.8, 4) is 0 Å². The summed E-state index contributed by atoms with van der Waals surface area (Å²) in [5.74, 6) is 0. The van der Waals surface area contributed by atoms with Crippen molar-refractivity contribution < 1.29 is 0 Å². The molecule has 3 N–H and O–H groups in total. The molecule has 0 saturated heterocycles. The molecule has 0 aromatic carbocycles. The molecule has 2 heteroatoms. The maximum atomic E-state index is 5.92. The highest BCUT2D eigenvalue weighted by Crippen LogP contribution is 2.44. The number of hydrogen-bond donors (Lipinski definition) is 2. The second-order valence-corrected chi connectivity index (χ2v) is 5.04. The minimum absolute atomic E-state index is 0.402. The summed E-state index contributed by atoms with van der Waals surface area (Å²) in [6, 6.07) is 1.15. The summed E-state index contributed by atoms with van der Waals surface area (Å²) in [5, 5.41) is 3.56. The van der Waals surface area contributed by atoms with Crippen molar-refractivity contribution in [2.45, 2.75) is 58.5 Å². The quantitative estimate of drug-likeness (QED) is 0.661. The molecule has 2 atom stereocenters.